The van der Waals surface area contributed by atoms with Gasteiger partial charge in [-0.15, -0.1) is 0 Å². The van der Waals surface area contributed by atoms with Gasteiger partial charge in [0, 0.05) is 0 Å². The van der Waals surface area contributed by atoms with Crippen LogP contribution in [0.3, 0.4) is 0 Å². The number of fused-ring (bicyclic) bond motifs is 3. The van der Waals surface area contributed by atoms with Crippen molar-refractivity contribution in [3.05, 3.63) is 0 Å². The maximum atomic E-state index is 11.9. The lowest BCUT2D eigenvalue weighted by atomic mass is 9.62. The van der Waals surface area contributed by atoms with E-state index in [1.54, 1.807) is 0 Å². The second-order valence-corrected chi connectivity index (χ2v) is 5.41. The fourth-order valence-corrected chi connectivity index (χ4v) is 3.98. The maximum Gasteiger partial charge on any atom is 0.257 e. The second kappa shape index (κ2) is 3.55. The van der Waals surface area contributed by atoms with E-state index < -0.39 is 0 Å². The van der Waals surface area contributed by atoms with Crippen molar-refractivity contribution in [1.82, 2.24) is 5.06 Å². The van der Waals surface area contributed by atoms with Crippen molar-refractivity contribution in [1.29, 1.82) is 0 Å². The molecule has 0 aromatic carbocycles. The predicted molar refractivity (Wildman–Crippen MR) is 55.3 cm³/mol. The van der Waals surface area contributed by atoms with Crippen LogP contribution in [-0.4, -0.2) is 22.1 Å². The molecule has 3 aliphatic rings. The quantitative estimate of drug-likeness (QED) is 0.501. The zero-order valence-corrected chi connectivity index (χ0v) is 9.26. The first kappa shape index (κ1) is 10.3. The van der Waals surface area contributed by atoms with Gasteiger partial charge < -0.3 is 0 Å². The molecule has 4 nitrogen and oxygen atoms in total. The summed E-state index contributed by atoms with van der Waals surface area (Å²) >= 11 is 0. The summed E-state index contributed by atoms with van der Waals surface area (Å²) in [6.45, 7) is 0. The Hall–Kier alpha value is -0.900. The summed E-state index contributed by atoms with van der Waals surface area (Å²) < 4.78 is 0. The summed E-state index contributed by atoms with van der Waals surface area (Å²) in [5.41, 5.74) is 0. The number of amides is 2. The molecular formula is C12H17NO3. The second-order valence-electron chi connectivity index (χ2n) is 5.41. The Morgan fingerprint density at radius 1 is 1.00 bits per heavy atom. The lowest BCUT2D eigenvalue weighted by Gasteiger charge is -2.40. The maximum absolute atomic E-state index is 11.9. The van der Waals surface area contributed by atoms with Crippen molar-refractivity contribution < 1.29 is 14.8 Å². The highest BCUT2D eigenvalue weighted by atomic mass is 16.5. The third kappa shape index (κ3) is 1.25. The molecule has 16 heavy (non-hydrogen) atoms. The number of hydrogen-bond acceptors (Lipinski definition) is 3. The average Bonchev–Trinajstić information content (AvgIpc) is 2.55. The molecule has 1 N–H and O–H groups in total. The average molecular weight is 223 g/mol. The van der Waals surface area contributed by atoms with Crippen molar-refractivity contribution in [2.45, 2.75) is 38.5 Å². The van der Waals surface area contributed by atoms with Crippen LogP contribution in [0.1, 0.15) is 38.5 Å². The van der Waals surface area contributed by atoms with Crippen LogP contribution in [0.5, 0.6) is 0 Å². The molecule has 4 atom stereocenters. The van der Waals surface area contributed by atoms with Gasteiger partial charge in [-0.2, -0.15) is 5.06 Å². The third-order valence-corrected chi connectivity index (χ3v) is 4.73. The Balaban J connectivity index is 1.90. The summed E-state index contributed by atoms with van der Waals surface area (Å²) in [4.78, 5) is 23.5. The smallest absolute Gasteiger partial charge is 0.257 e. The molecule has 1 saturated heterocycles. The van der Waals surface area contributed by atoms with Crippen LogP contribution < -0.4 is 0 Å². The highest BCUT2D eigenvalue weighted by molar-refractivity contribution is 6.04. The summed E-state index contributed by atoms with van der Waals surface area (Å²) in [6.07, 6.45) is 6.51. The van der Waals surface area contributed by atoms with E-state index in [4.69, 9.17) is 0 Å². The Morgan fingerprint density at radius 2 is 1.75 bits per heavy atom. The van der Waals surface area contributed by atoms with Crippen LogP contribution in [0.15, 0.2) is 0 Å². The zero-order chi connectivity index (χ0) is 11.3. The summed E-state index contributed by atoms with van der Waals surface area (Å²) in [5.74, 6) is -0.182. The van der Waals surface area contributed by atoms with Crippen molar-refractivity contribution in [2.75, 3.05) is 0 Å². The molecule has 2 saturated carbocycles. The van der Waals surface area contributed by atoms with Crippen molar-refractivity contribution in [3.63, 3.8) is 0 Å². The third-order valence-electron chi connectivity index (χ3n) is 4.73. The van der Waals surface area contributed by atoms with Gasteiger partial charge in [0.2, 0.25) is 0 Å². The lowest BCUT2D eigenvalue weighted by Crippen LogP contribution is -2.38. The Labute approximate surface area is 94.6 Å². The predicted octanol–water partition coefficient (Wildman–Crippen LogP) is 1.58. The molecular weight excluding hydrogens is 206 g/mol. The van der Waals surface area contributed by atoms with Gasteiger partial charge in [-0.3, -0.25) is 14.8 Å². The monoisotopic (exact) mass is 223 g/mol. The van der Waals surface area contributed by atoms with Gasteiger partial charge in [-0.1, -0.05) is 19.3 Å². The normalized spacial score (nSPS) is 43.2. The number of nitrogens with zero attached hydrogens (tertiary/aromatic N) is 1. The fraction of sp³-hybridized carbons (Fsp3) is 0.833. The number of carbonyl (C=O) groups excluding carboxylic acids is 2. The van der Waals surface area contributed by atoms with Crippen LogP contribution in [0, 0.1) is 23.7 Å². The summed E-state index contributed by atoms with van der Waals surface area (Å²) in [7, 11) is 0. The van der Waals surface area contributed by atoms with E-state index in [1.807, 2.05) is 0 Å². The standard InChI is InChI=1S/C12H17NO3/c14-11-9-6-5-7-3-1-2-4-8(7)10(9)12(15)13(11)16/h7-10,16H,1-6H2. The van der Waals surface area contributed by atoms with Crippen LogP contribution in [0.4, 0.5) is 0 Å². The minimum Gasteiger partial charge on any atom is -0.278 e. The van der Waals surface area contributed by atoms with Crippen LogP contribution in [0.2, 0.25) is 0 Å². The number of imide groups is 1. The van der Waals surface area contributed by atoms with E-state index >= 15 is 0 Å². The van der Waals surface area contributed by atoms with Gasteiger partial charge >= 0.3 is 0 Å². The first-order valence-electron chi connectivity index (χ1n) is 6.27. The molecule has 1 heterocycles. The number of hydrogen-bond donors (Lipinski definition) is 1. The van der Waals surface area contributed by atoms with Crippen molar-refractivity contribution in [2.24, 2.45) is 23.7 Å². The van der Waals surface area contributed by atoms with Crippen molar-refractivity contribution >= 4 is 11.8 Å². The van der Waals surface area contributed by atoms with E-state index in [2.05, 4.69) is 0 Å². The number of hydroxylamine groups is 2. The first-order valence-corrected chi connectivity index (χ1v) is 6.27. The van der Waals surface area contributed by atoms with E-state index in [1.165, 1.54) is 12.8 Å². The lowest BCUT2D eigenvalue weighted by molar-refractivity contribution is -0.173. The van der Waals surface area contributed by atoms with Gasteiger partial charge in [0.1, 0.15) is 0 Å². The van der Waals surface area contributed by atoms with Gasteiger partial charge in [-0.05, 0) is 31.1 Å². The van der Waals surface area contributed by atoms with Gasteiger partial charge in [0.15, 0.2) is 0 Å². The molecule has 2 aliphatic carbocycles. The van der Waals surface area contributed by atoms with Gasteiger partial charge in [-0.25, -0.2) is 0 Å². The molecule has 2 amide bonds. The summed E-state index contributed by atoms with van der Waals surface area (Å²) in [5, 5.41) is 9.80. The summed E-state index contributed by atoms with van der Waals surface area (Å²) in [6, 6.07) is 0. The topological polar surface area (TPSA) is 57.6 Å². The minimum absolute atomic E-state index is 0.212. The molecule has 0 aromatic rings. The van der Waals surface area contributed by atoms with Gasteiger partial charge in [0.25, 0.3) is 11.8 Å². The SMILES string of the molecule is O=C1C2CCC3CCCCC3C2C(=O)N1O. The Kier molecular flexibility index (Phi) is 2.28. The van der Waals surface area contributed by atoms with E-state index in [0.29, 0.717) is 16.9 Å². The molecule has 4 heteroatoms. The highest BCUT2D eigenvalue weighted by Gasteiger charge is 2.54. The molecule has 3 fully saturated rings. The minimum atomic E-state index is -0.362. The molecule has 0 aromatic heterocycles. The Morgan fingerprint density at radius 3 is 2.56 bits per heavy atom. The van der Waals surface area contributed by atoms with Gasteiger partial charge in [0.05, 0.1) is 11.8 Å². The molecule has 4 unspecified atom stereocenters. The molecule has 88 valence electrons. The van der Waals surface area contributed by atoms with Crippen LogP contribution in [-0.2, 0) is 9.59 Å². The van der Waals surface area contributed by atoms with E-state index in [9.17, 15) is 14.8 Å². The Bertz CT molecular complexity index is 341. The number of carbonyl (C=O) groups is 2. The zero-order valence-electron chi connectivity index (χ0n) is 9.26. The molecule has 0 radical (unpaired) electrons. The molecule has 0 spiro atoms. The molecule has 1 aliphatic heterocycles. The number of rotatable bonds is 0. The van der Waals surface area contributed by atoms with Crippen LogP contribution in [0.25, 0.3) is 0 Å². The largest absolute Gasteiger partial charge is 0.278 e. The highest BCUT2D eigenvalue weighted by Crippen LogP contribution is 2.49. The molecule has 0 bridgehead atoms. The molecule has 3 rings (SSSR count). The van der Waals surface area contributed by atoms with Crippen LogP contribution >= 0.6 is 0 Å². The van der Waals surface area contributed by atoms with E-state index in [-0.39, 0.29) is 23.7 Å². The first-order chi connectivity index (χ1) is 7.70. The van der Waals surface area contributed by atoms with E-state index in [0.717, 1.165) is 25.7 Å². The fourth-order valence-electron chi connectivity index (χ4n) is 3.98. The van der Waals surface area contributed by atoms with Crippen molar-refractivity contribution in [3.8, 4) is 0 Å².